The molecular weight excluding hydrogens is 348 g/mol. The van der Waals surface area contributed by atoms with Crippen molar-refractivity contribution < 1.29 is 4.79 Å². The highest BCUT2D eigenvalue weighted by Crippen LogP contribution is 2.24. The normalized spacial score (nSPS) is 10.5. The third-order valence-corrected chi connectivity index (χ3v) is 4.87. The van der Waals surface area contributed by atoms with Crippen LogP contribution >= 0.6 is 38.9 Å². The number of hydrogen-bond donors (Lipinski definition) is 0. The van der Waals surface area contributed by atoms with Gasteiger partial charge in [-0.1, -0.05) is 11.6 Å². The fourth-order valence-corrected chi connectivity index (χ4v) is 2.94. The first-order chi connectivity index (χ1) is 8.99. The van der Waals surface area contributed by atoms with E-state index in [4.69, 9.17) is 11.6 Å². The number of aryl methyl sites for hydroxylation is 1. The van der Waals surface area contributed by atoms with E-state index in [1.165, 1.54) is 0 Å². The highest BCUT2D eigenvalue weighted by Gasteiger charge is 2.15. The average Bonchev–Trinajstić information content (AvgIpc) is 2.77. The van der Waals surface area contributed by atoms with Crippen molar-refractivity contribution in [2.45, 2.75) is 13.5 Å². The Balaban J connectivity index is 2.15. The molecule has 0 radical (unpaired) electrons. The van der Waals surface area contributed by atoms with Gasteiger partial charge in [0.1, 0.15) is 0 Å². The Morgan fingerprint density at radius 2 is 2.26 bits per heavy atom. The molecule has 3 nitrogen and oxygen atoms in total. The molecule has 6 heteroatoms. The lowest BCUT2D eigenvalue weighted by Crippen LogP contribution is -2.26. The maximum atomic E-state index is 12.3. The number of halogens is 2. The summed E-state index contributed by atoms with van der Waals surface area (Å²) in [6.45, 7) is 2.51. The molecule has 0 aliphatic carbocycles. The summed E-state index contributed by atoms with van der Waals surface area (Å²) >= 11 is 10.8. The second-order valence-corrected chi connectivity index (χ2v) is 6.35. The minimum Gasteiger partial charge on any atom is -0.336 e. The van der Waals surface area contributed by atoms with Crippen LogP contribution < -0.4 is 0 Å². The quantitative estimate of drug-likeness (QED) is 0.825. The summed E-state index contributed by atoms with van der Waals surface area (Å²) in [7, 11) is 1.78. The summed E-state index contributed by atoms with van der Waals surface area (Å²) in [5, 5.41) is 0.595. The van der Waals surface area contributed by atoms with E-state index < -0.39 is 0 Å². The molecule has 0 unspecified atom stereocenters. The number of nitrogens with zero attached hydrogens (tertiary/aromatic N) is 2. The molecule has 2 rings (SSSR count). The van der Waals surface area contributed by atoms with Crippen molar-refractivity contribution in [2.75, 3.05) is 7.05 Å². The predicted molar refractivity (Wildman–Crippen MR) is 81.8 cm³/mol. The Morgan fingerprint density at radius 3 is 2.84 bits per heavy atom. The van der Waals surface area contributed by atoms with Gasteiger partial charge >= 0.3 is 0 Å². The van der Waals surface area contributed by atoms with Gasteiger partial charge < -0.3 is 4.90 Å². The van der Waals surface area contributed by atoms with Crippen LogP contribution in [0.2, 0.25) is 5.02 Å². The monoisotopic (exact) mass is 358 g/mol. The van der Waals surface area contributed by atoms with E-state index in [1.807, 2.05) is 6.92 Å². The van der Waals surface area contributed by atoms with Crippen molar-refractivity contribution in [1.82, 2.24) is 9.88 Å². The smallest absolute Gasteiger partial charge is 0.253 e. The Kier molecular flexibility index (Phi) is 4.60. The first-order valence-electron chi connectivity index (χ1n) is 5.58. The molecule has 0 atom stereocenters. The maximum absolute atomic E-state index is 12.3. The highest BCUT2D eigenvalue weighted by molar-refractivity contribution is 9.10. The number of thiazole rings is 1. The van der Waals surface area contributed by atoms with Gasteiger partial charge in [-0.2, -0.15) is 0 Å². The van der Waals surface area contributed by atoms with Gasteiger partial charge in [-0.3, -0.25) is 4.79 Å². The molecule has 19 heavy (non-hydrogen) atoms. The Bertz CT molecular complexity index is 614. The molecule has 0 bridgehead atoms. The highest BCUT2D eigenvalue weighted by atomic mass is 79.9. The van der Waals surface area contributed by atoms with E-state index in [2.05, 4.69) is 20.9 Å². The van der Waals surface area contributed by atoms with E-state index in [0.29, 0.717) is 17.1 Å². The molecule has 1 amide bonds. The average molecular weight is 360 g/mol. The third kappa shape index (κ3) is 3.35. The zero-order chi connectivity index (χ0) is 14.0. The molecule has 2 aromatic rings. The summed E-state index contributed by atoms with van der Waals surface area (Å²) in [6, 6.07) is 5.18. The molecule has 1 aromatic heterocycles. The van der Waals surface area contributed by atoms with Crippen molar-refractivity contribution in [1.29, 1.82) is 0 Å². The number of benzene rings is 1. The maximum Gasteiger partial charge on any atom is 0.253 e. The van der Waals surface area contributed by atoms with Crippen LogP contribution in [0.3, 0.4) is 0 Å². The van der Waals surface area contributed by atoms with Crippen LogP contribution in [0.4, 0.5) is 0 Å². The van der Waals surface area contributed by atoms with Crippen molar-refractivity contribution in [3.05, 3.63) is 49.3 Å². The van der Waals surface area contributed by atoms with Gasteiger partial charge in [0.05, 0.1) is 22.8 Å². The van der Waals surface area contributed by atoms with E-state index in [9.17, 15) is 4.79 Å². The molecule has 100 valence electrons. The van der Waals surface area contributed by atoms with Gasteiger partial charge in [-0.15, -0.1) is 11.3 Å². The zero-order valence-electron chi connectivity index (χ0n) is 10.5. The number of hydrogen-bond acceptors (Lipinski definition) is 3. The van der Waals surface area contributed by atoms with Crippen molar-refractivity contribution in [3.8, 4) is 0 Å². The number of rotatable bonds is 3. The fourth-order valence-electron chi connectivity index (χ4n) is 1.61. The number of carbonyl (C=O) groups is 1. The van der Waals surface area contributed by atoms with Gasteiger partial charge in [-0.05, 0) is 41.1 Å². The standard InChI is InChI=1S/C13H12BrClN2OS/c1-8-12(19-7-16-8)6-17(2)13(18)9-3-4-11(15)10(14)5-9/h3-5,7H,6H2,1-2H3. The van der Waals surface area contributed by atoms with Crippen LogP contribution in [0, 0.1) is 6.92 Å². The van der Waals surface area contributed by atoms with Gasteiger partial charge in [0.2, 0.25) is 0 Å². The van der Waals surface area contributed by atoms with Crippen LogP contribution in [0.25, 0.3) is 0 Å². The van der Waals surface area contributed by atoms with Crippen LogP contribution in [0.1, 0.15) is 20.9 Å². The molecule has 0 aliphatic heterocycles. The van der Waals surface area contributed by atoms with Crippen LogP contribution in [-0.4, -0.2) is 22.8 Å². The predicted octanol–water partition coefficient (Wildman–Crippen LogP) is 4.14. The van der Waals surface area contributed by atoms with Gasteiger partial charge in [0.25, 0.3) is 5.91 Å². The summed E-state index contributed by atoms with van der Waals surface area (Å²) in [5.74, 6) is -0.0369. The minimum atomic E-state index is -0.0369. The lowest BCUT2D eigenvalue weighted by Gasteiger charge is -2.17. The van der Waals surface area contributed by atoms with Crippen molar-refractivity contribution in [3.63, 3.8) is 0 Å². The third-order valence-electron chi connectivity index (χ3n) is 2.74. The Hall–Kier alpha value is -0.910. The SMILES string of the molecule is Cc1ncsc1CN(C)C(=O)c1ccc(Cl)c(Br)c1. The summed E-state index contributed by atoms with van der Waals surface area (Å²) < 4.78 is 0.724. The molecule has 0 N–H and O–H groups in total. The van der Waals surface area contributed by atoms with E-state index in [1.54, 1.807) is 47.0 Å². The molecule has 0 aliphatic rings. The van der Waals surface area contributed by atoms with Crippen LogP contribution in [0.15, 0.2) is 28.2 Å². The van der Waals surface area contributed by atoms with Crippen molar-refractivity contribution in [2.24, 2.45) is 0 Å². The Morgan fingerprint density at radius 1 is 1.53 bits per heavy atom. The summed E-state index contributed by atoms with van der Waals surface area (Å²) in [5.41, 5.74) is 3.38. The molecule has 0 spiro atoms. The minimum absolute atomic E-state index is 0.0369. The summed E-state index contributed by atoms with van der Waals surface area (Å²) in [4.78, 5) is 19.3. The Labute approximate surface area is 129 Å². The van der Waals surface area contributed by atoms with Gasteiger partial charge in [0.15, 0.2) is 0 Å². The lowest BCUT2D eigenvalue weighted by molar-refractivity contribution is 0.0786. The zero-order valence-corrected chi connectivity index (χ0v) is 13.6. The van der Waals surface area contributed by atoms with E-state index in [-0.39, 0.29) is 5.91 Å². The summed E-state index contributed by atoms with van der Waals surface area (Å²) in [6.07, 6.45) is 0. The van der Waals surface area contributed by atoms with Gasteiger partial charge in [-0.25, -0.2) is 4.98 Å². The van der Waals surface area contributed by atoms with E-state index >= 15 is 0 Å². The second-order valence-electron chi connectivity index (χ2n) is 4.15. The molecular formula is C13H12BrClN2OS. The topological polar surface area (TPSA) is 33.2 Å². The molecule has 0 fully saturated rings. The van der Waals surface area contributed by atoms with Crippen LogP contribution in [-0.2, 0) is 6.54 Å². The van der Waals surface area contributed by atoms with Gasteiger partial charge in [0, 0.05) is 22.0 Å². The first-order valence-corrected chi connectivity index (χ1v) is 7.63. The molecule has 0 saturated heterocycles. The number of amides is 1. The van der Waals surface area contributed by atoms with Crippen molar-refractivity contribution >= 4 is 44.8 Å². The number of aromatic nitrogens is 1. The lowest BCUT2D eigenvalue weighted by atomic mass is 10.2. The molecule has 0 saturated carbocycles. The largest absolute Gasteiger partial charge is 0.336 e. The first kappa shape index (κ1) is 14.5. The van der Waals surface area contributed by atoms with E-state index in [0.717, 1.165) is 15.0 Å². The molecule has 1 aromatic carbocycles. The fraction of sp³-hybridized carbons (Fsp3) is 0.231. The number of carbonyl (C=O) groups excluding carboxylic acids is 1. The second kappa shape index (κ2) is 6.03. The molecule has 1 heterocycles. The van der Waals surface area contributed by atoms with Crippen LogP contribution in [0.5, 0.6) is 0 Å².